The molecule has 0 bridgehead atoms. The summed E-state index contributed by atoms with van der Waals surface area (Å²) in [6.45, 7) is 3.52. The summed E-state index contributed by atoms with van der Waals surface area (Å²) in [7, 11) is 0. The van der Waals surface area contributed by atoms with Crippen LogP contribution in [0.1, 0.15) is 42.5 Å². The van der Waals surface area contributed by atoms with Crippen LogP contribution < -0.4 is 0 Å². The Hall–Kier alpha value is -2.02. The predicted molar refractivity (Wildman–Crippen MR) is 96.5 cm³/mol. The van der Waals surface area contributed by atoms with Gasteiger partial charge in [-0.15, -0.1) is 0 Å². The van der Waals surface area contributed by atoms with Gasteiger partial charge in [0.15, 0.2) is 0 Å². The highest BCUT2D eigenvalue weighted by molar-refractivity contribution is 5.94. The van der Waals surface area contributed by atoms with E-state index in [9.17, 15) is 14.0 Å². The molecule has 0 aromatic carbocycles. The molecule has 27 heavy (non-hydrogen) atoms. The van der Waals surface area contributed by atoms with Gasteiger partial charge in [-0.2, -0.15) is 4.39 Å². The summed E-state index contributed by atoms with van der Waals surface area (Å²) < 4.78 is 19.3. The van der Waals surface area contributed by atoms with Crippen molar-refractivity contribution in [2.24, 2.45) is 11.8 Å². The van der Waals surface area contributed by atoms with Crippen LogP contribution in [-0.4, -0.2) is 65.5 Å². The SMILES string of the molecule is O=C(C[C@@H]1OC[C@H]2CN(C(=O)c3ccnc(F)c3)CC[C@H]21)N1CCCCC1. The Bertz CT molecular complexity index is 707. The number of hydrogen-bond donors (Lipinski definition) is 0. The first-order valence-corrected chi connectivity index (χ1v) is 9.92. The van der Waals surface area contributed by atoms with Crippen molar-refractivity contribution in [3.63, 3.8) is 0 Å². The van der Waals surface area contributed by atoms with E-state index in [1.807, 2.05) is 4.90 Å². The summed E-state index contributed by atoms with van der Waals surface area (Å²) in [6, 6.07) is 2.72. The molecule has 2 amide bonds. The van der Waals surface area contributed by atoms with Crippen LogP contribution in [0.25, 0.3) is 0 Å². The zero-order valence-electron chi connectivity index (χ0n) is 15.5. The molecule has 3 aliphatic rings. The summed E-state index contributed by atoms with van der Waals surface area (Å²) in [5.74, 6) is -0.0459. The number of carbonyl (C=O) groups excluding carboxylic acids is 2. The highest BCUT2D eigenvalue weighted by Gasteiger charge is 2.43. The van der Waals surface area contributed by atoms with E-state index in [-0.39, 0.29) is 23.8 Å². The summed E-state index contributed by atoms with van der Waals surface area (Å²) in [5, 5.41) is 0. The highest BCUT2D eigenvalue weighted by Crippen LogP contribution is 2.36. The van der Waals surface area contributed by atoms with Gasteiger partial charge in [0.05, 0.1) is 19.1 Å². The minimum atomic E-state index is -0.642. The topological polar surface area (TPSA) is 62.7 Å². The molecule has 4 rings (SSSR count). The largest absolute Gasteiger partial charge is 0.377 e. The van der Waals surface area contributed by atoms with Crippen molar-refractivity contribution < 1.29 is 18.7 Å². The first-order chi connectivity index (χ1) is 13.1. The van der Waals surface area contributed by atoms with Gasteiger partial charge in [-0.3, -0.25) is 9.59 Å². The van der Waals surface area contributed by atoms with Crippen molar-refractivity contribution in [1.29, 1.82) is 0 Å². The van der Waals surface area contributed by atoms with E-state index in [0.29, 0.717) is 37.6 Å². The smallest absolute Gasteiger partial charge is 0.254 e. The molecule has 1 aromatic heterocycles. The van der Waals surface area contributed by atoms with E-state index in [4.69, 9.17) is 4.74 Å². The molecule has 7 heteroatoms. The summed E-state index contributed by atoms with van der Waals surface area (Å²) in [6.07, 6.45) is 5.94. The maximum Gasteiger partial charge on any atom is 0.254 e. The van der Waals surface area contributed by atoms with Crippen LogP contribution in [0.2, 0.25) is 0 Å². The molecule has 6 nitrogen and oxygen atoms in total. The van der Waals surface area contributed by atoms with Gasteiger partial charge in [0, 0.05) is 49.9 Å². The Balaban J connectivity index is 1.34. The lowest BCUT2D eigenvalue weighted by Gasteiger charge is -2.36. The van der Waals surface area contributed by atoms with Crippen molar-refractivity contribution in [1.82, 2.24) is 14.8 Å². The van der Waals surface area contributed by atoms with Crippen LogP contribution in [0.3, 0.4) is 0 Å². The second kappa shape index (κ2) is 7.92. The molecule has 4 heterocycles. The standard InChI is InChI=1S/C20H26FN3O3/c21-18-10-14(4-6-22-18)20(26)24-9-5-16-15(12-24)13-27-17(16)11-19(25)23-7-2-1-3-8-23/h4,6,10,15-17H,1-3,5,7-9,11-13H2/t15-,16-,17+/m1/s1. The molecule has 3 atom stereocenters. The molecule has 3 saturated heterocycles. The van der Waals surface area contributed by atoms with Crippen molar-refractivity contribution in [3.8, 4) is 0 Å². The van der Waals surface area contributed by atoms with Gasteiger partial charge in [0.1, 0.15) is 0 Å². The van der Waals surface area contributed by atoms with Crippen molar-refractivity contribution in [2.45, 2.75) is 38.2 Å². The Kier molecular flexibility index (Phi) is 5.38. The maximum atomic E-state index is 13.3. The van der Waals surface area contributed by atoms with Gasteiger partial charge in [0.25, 0.3) is 5.91 Å². The van der Waals surface area contributed by atoms with Crippen LogP contribution >= 0.6 is 0 Å². The highest BCUT2D eigenvalue weighted by atomic mass is 19.1. The number of aromatic nitrogens is 1. The average molecular weight is 375 g/mol. The second-order valence-corrected chi connectivity index (χ2v) is 7.85. The van der Waals surface area contributed by atoms with E-state index < -0.39 is 5.95 Å². The fourth-order valence-corrected chi connectivity index (χ4v) is 4.64. The molecule has 3 aliphatic heterocycles. The van der Waals surface area contributed by atoms with E-state index in [1.165, 1.54) is 18.7 Å². The average Bonchev–Trinajstić information content (AvgIpc) is 3.10. The Morgan fingerprint density at radius 2 is 2.00 bits per heavy atom. The monoisotopic (exact) mass is 375 g/mol. The molecule has 0 radical (unpaired) electrons. The number of likely N-dealkylation sites (tertiary alicyclic amines) is 2. The number of halogens is 1. The van der Waals surface area contributed by atoms with Crippen LogP contribution in [0.5, 0.6) is 0 Å². The molecule has 0 N–H and O–H groups in total. The normalized spacial score (nSPS) is 28.1. The summed E-state index contributed by atoms with van der Waals surface area (Å²) in [4.78, 5) is 32.4. The number of carbonyl (C=O) groups is 2. The third kappa shape index (κ3) is 3.98. The van der Waals surface area contributed by atoms with Crippen LogP contribution in [0.4, 0.5) is 4.39 Å². The van der Waals surface area contributed by atoms with Gasteiger partial charge < -0.3 is 14.5 Å². The number of hydrogen-bond acceptors (Lipinski definition) is 4. The van der Waals surface area contributed by atoms with Gasteiger partial charge in [-0.25, -0.2) is 4.98 Å². The molecule has 0 aliphatic carbocycles. The third-order valence-electron chi connectivity index (χ3n) is 6.14. The summed E-state index contributed by atoms with van der Waals surface area (Å²) >= 11 is 0. The number of amides is 2. The molecule has 0 spiro atoms. The van der Waals surface area contributed by atoms with Crippen LogP contribution in [0, 0.1) is 17.8 Å². The first-order valence-electron chi connectivity index (χ1n) is 9.92. The summed E-state index contributed by atoms with van der Waals surface area (Å²) in [5.41, 5.74) is 0.330. The van der Waals surface area contributed by atoms with Crippen molar-refractivity contribution in [2.75, 3.05) is 32.8 Å². The lowest BCUT2D eigenvalue weighted by Crippen LogP contribution is -2.45. The maximum absolute atomic E-state index is 13.3. The minimum absolute atomic E-state index is 0.0416. The second-order valence-electron chi connectivity index (χ2n) is 7.85. The van der Waals surface area contributed by atoms with E-state index in [1.54, 1.807) is 11.0 Å². The van der Waals surface area contributed by atoms with Crippen LogP contribution in [-0.2, 0) is 9.53 Å². The minimum Gasteiger partial charge on any atom is -0.377 e. The molecule has 0 unspecified atom stereocenters. The molecular formula is C20H26FN3O3. The van der Waals surface area contributed by atoms with Gasteiger partial charge in [-0.1, -0.05) is 0 Å². The number of fused-ring (bicyclic) bond motifs is 1. The lowest BCUT2D eigenvalue weighted by molar-refractivity contribution is -0.134. The van der Waals surface area contributed by atoms with Gasteiger partial charge in [0.2, 0.25) is 11.9 Å². The lowest BCUT2D eigenvalue weighted by atomic mass is 9.83. The Morgan fingerprint density at radius 1 is 1.19 bits per heavy atom. The fourth-order valence-electron chi connectivity index (χ4n) is 4.64. The predicted octanol–water partition coefficient (Wildman–Crippen LogP) is 2.10. The first kappa shape index (κ1) is 18.3. The number of rotatable bonds is 3. The van der Waals surface area contributed by atoms with Crippen molar-refractivity contribution in [3.05, 3.63) is 29.8 Å². The van der Waals surface area contributed by atoms with Gasteiger partial charge in [-0.05, 0) is 37.7 Å². The Labute approximate surface area is 158 Å². The van der Waals surface area contributed by atoms with Crippen molar-refractivity contribution >= 4 is 11.8 Å². The fraction of sp³-hybridized carbons (Fsp3) is 0.650. The quantitative estimate of drug-likeness (QED) is 0.759. The van der Waals surface area contributed by atoms with E-state index in [2.05, 4.69) is 4.98 Å². The zero-order valence-corrected chi connectivity index (χ0v) is 15.5. The molecule has 3 fully saturated rings. The molecule has 146 valence electrons. The van der Waals surface area contributed by atoms with Crippen LogP contribution in [0.15, 0.2) is 18.3 Å². The number of nitrogens with zero attached hydrogens (tertiary/aromatic N) is 3. The zero-order chi connectivity index (χ0) is 18.8. The molecule has 0 saturated carbocycles. The van der Waals surface area contributed by atoms with E-state index in [0.717, 1.165) is 32.4 Å². The van der Waals surface area contributed by atoms with E-state index >= 15 is 0 Å². The number of pyridine rings is 1. The number of piperidine rings is 2. The third-order valence-corrected chi connectivity index (χ3v) is 6.14. The number of ether oxygens (including phenoxy) is 1. The Morgan fingerprint density at radius 3 is 2.78 bits per heavy atom. The molecule has 1 aromatic rings. The molecular weight excluding hydrogens is 349 g/mol. The van der Waals surface area contributed by atoms with Gasteiger partial charge >= 0.3 is 0 Å².